The molecular weight excluding hydrogens is 617 g/mol. The molecule has 2 aromatic carbocycles. The van der Waals surface area contributed by atoms with Crippen molar-refractivity contribution in [2.75, 3.05) is 13.1 Å². The van der Waals surface area contributed by atoms with Gasteiger partial charge in [-0.15, -0.1) is 0 Å². The second-order valence-corrected chi connectivity index (χ2v) is 13.4. The maximum atomic E-state index is 13.6. The van der Waals surface area contributed by atoms with Gasteiger partial charge in [0.2, 0.25) is 0 Å². The SMILES string of the molecule is CC(C1CCN(C(=O)OC(C)(C)C)CC1)N1C(=O)SC(=Cc2ccc3c(cnn3Cc3ccc(Cl)cc3C(F)(F)F)c2)C1=O. The van der Waals surface area contributed by atoms with Crippen molar-refractivity contribution in [1.82, 2.24) is 19.6 Å². The lowest BCUT2D eigenvalue weighted by atomic mass is 9.89. The van der Waals surface area contributed by atoms with E-state index in [0.29, 0.717) is 42.4 Å². The smallest absolute Gasteiger partial charge is 0.416 e. The third-order valence-corrected chi connectivity index (χ3v) is 8.88. The second kappa shape index (κ2) is 12.1. The van der Waals surface area contributed by atoms with Crippen LogP contribution in [0, 0.1) is 5.92 Å². The van der Waals surface area contributed by atoms with Crippen LogP contribution in [0.4, 0.5) is 22.8 Å². The lowest BCUT2D eigenvalue weighted by molar-refractivity contribution is -0.138. The van der Waals surface area contributed by atoms with Crippen LogP contribution in [0.2, 0.25) is 5.02 Å². The molecule has 44 heavy (non-hydrogen) atoms. The predicted octanol–water partition coefficient (Wildman–Crippen LogP) is 7.83. The molecule has 1 unspecified atom stereocenters. The van der Waals surface area contributed by atoms with Gasteiger partial charge in [-0.2, -0.15) is 18.3 Å². The van der Waals surface area contributed by atoms with Crippen LogP contribution in [0.3, 0.4) is 0 Å². The number of carbonyl (C=O) groups excluding carboxylic acids is 3. The maximum Gasteiger partial charge on any atom is 0.416 e. The number of aromatic nitrogens is 2. The van der Waals surface area contributed by atoms with Crippen LogP contribution in [0.1, 0.15) is 57.2 Å². The summed E-state index contributed by atoms with van der Waals surface area (Å²) in [4.78, 5) is 42.0. The fourth-order valence-corrected chi connectivity index (χ4v) is 6.61. The van der Waals surface area contributed by atoms with Crippen molar-refractivity contribution >= 4 is 57.6 Å². The van der Waals surface area contributed by atoms with Gasteiger partial charge in [0.05, 0.1) is 28.7 Å². The summed E-state index contributed by atoms with van der Waals surface area (Å²) in [6.07, 6.45) is -0.455. The van der Waals surface area contributed by atoms with Gasteiger partial charge in [0.1, 0.15) is 5.60 Å². The summed E-state index contributed by atoms with van der Waals surface area (Å²) in [6.45, 7) is 8.17. The Morgan fingerprint density at radius 3 is 2.50 bits per heavy atom. The summed E-state index contributed by atoms with van der Waals surface area (Å²) in [5.74, 6) is -0.331. The molecule has 5 rings (SSSR count). The fourth-order valence-electron chi connectivity index (χ4n) is 5.52. The van der Waals surface area contributed by atoms with E-state index in [1.807, 2.05) is 27.7 Å². The van der Waals surface area contributed by atoms with E-state index in [9.17, 15) is 27.6 Å². The molecule has 2 saturated heterocycles. The van der Waals surface area contributed by atoms with Crippen molar-refractivity contribution in [2.24, 2.45) is 5.92 Å². The van der Waals surface area contributed by atoms with Gasteiger partial charge < -0.3 is 9.64 Å². The molecule has 1 aromatic heterocycles. The molecule has 0 N–H and O–H groups in total. The van der Waals surface area contributed by atoms with E-state index in [1.165, 1.54) is 21.7 Å². The highest BCUT2D eigenvalue weighted by atomic mass is 35.5. The normalized spacial score (nSPS) is 18.5. The number of likely N-dealkylation sites (tertiary alicyclic amines) is 1. The van der Waals surface area contributed by atoms with Crippen molar-refractivity contribution in [2.45, 2.75) is 64.9 Å². The van der Waals surface area contributed by atoms with E-state index >= 15 is 0 Å². The molecule has 1 atom stereocenters. The number of hydrogen-bond acceptors (Lipinski definition) is 6. The second-order valence-electron chi connectivity index (χ2n) is 12.0. The zero-order chi connectivity index (χ0) is 32.0. The summed E-state index contributed by atoms with van der Waals surface area (Å²) in [7, 11) is 0. The Labute approximate surface area is 262 Å². The number of carbonyl (C=O) groups is 3. The van der Waals surface area contributed by atoms with Crippen LogP contribution in [-0.2, 0) is 22.3 Å². The number of benzene rings is 2. The number of halogens is 4. The van der Waals surface area contributed by atoms with Gasteiger partial charge in [0.25, 0.3) is 11.1 Å². The first-order chi connectivity index (χ1) is 20.6. The van der Waals surface area contributed by atoms with Crippen molar-refractivity contribution in [3.05, 3.63) is 69.2 Å². The largest absolute Gasteiger partial charge is 0.444 e. The van der Waals surface area contributed by atoms with Crippen molar-refractivity contribution in [3.63, 3.8) is 0 Å². The van der Waals surface area contributed by atoms with Gasteiger partial charge in [0.15, 0.2) is 0 Å². The monoisotopic (exact) mass is 648 g/mol. The molecule has 3 aromatic rings. The van der Waals surface area contributed by atoms with Crippen molar-refractivity contribution in [3.8, 4) is 0 Å². The van der Waals surface area contributed by atoms with Crippen LogP contribution in [0.15, 0.2) is 47.5 Å². The number of amides is 3. The minimum absolute atomic E-state index is 0.00145. The Morgan fingerprint density at radius 2 is 1.84 bits per heavy atom. The molecular formula is C31H32ClF3N4O4S. The van der Waals surface area contributed by atoms with E-state index in [-0.39, 0.29) is 51.2 Å². The number of nitrogens with zero attached hydrogens (tertiary/aromatic N) is 4. The summed E-state index contributed by atoms with van der Waals surface area (Å²) in [6, 6.07) is 8.55. The Kier molecular flexibility index (Phi) is 8.78. The number of piperidine rings is 1. The minimum Gasteiger partial charge on any atom is -0.444 e. The lowest BCUT2D eigenvalue weighted by Gasteiger charge is -2.37. The molecule has 0 aliphatic carbocycles. The first-order valence-corrected chi connectivity index (χ1v) is 15.4. The molecule has 0 radical (unpaired) electrons. The molecule has 2 fully saturated rings. The van der Waals surface area contributed by atoms with E-state index in [4.69, 9.17) is 16.3 Å². The maximum absolute atomic E-state index is 13.6. The van der Waals surface area contributed by atoms with Crippen molar-refractivity contribution in [1.29, 1.82) is 0 Å². The number of alkyl halides is 3. The average molecular weight is 649 g/mol. The molecule has 13 heteroatoms. The van der Waals surface area contributed by atoms with Gasteiger partial charge in [-0.3, -0.25) is 19.2 Å². The van der Waals surface area contributed by atoms with Crippen LogP contribution in [0.5, 0.6) is 0 Å². The van der Waals surface area contributed by atoms with Crippen LogP contribution >= 0.6 is 23.4 Å². The van der Waals surface area contributed by atoms with Crippen LogP contribution < -0.4 is 0 Å². The fraction of sp³-hybridized carbons (Fsp3) is 0.419. The zero-order valence-electron chi connectivity index (χ0n) is 24.7. The van der Waals surface area contributed by atoms with Crippen molar-refractivity contribution < 1.29 is 32.3 Å². The summed E-state index contributed by atoms with van der Waals surface area (Å²) in [5, 5.41) is 4.61. The van der Waals surface area contributed by atoms with Crippen LogP contribution in [0.25, 0.3) is 17.0 Å². The molecule has 0 spiro atoms. The lowest BCUT2D eigenvalue weighted by Crippen LogP contribution is -2.48. The third kappa shape index (κ3) is 6.91. The standard InChI is InChI=1S/C31H32ClF3N4O4S/c1-18(20-9-11-37(12-10-20)28(41)43-30(2,3)4)39-27(40)26(44-29(39)42)14-19-5-8-25-22(13-19)16-36-38(25)17-21-6-7-23(32)15-24(21)31(33,34)35/h5-8,13-16,18,20H,9-12,17H2,1-4H3. The van der Waals surface area contributed by atoms with Gasteiger partial charge in [-0.1, -0.05) is 23.7 Å². The number of hydrogen-bond donors (Lipinski definition) is 0. The van der Waals surface area contributed by atoms with Gasteiger partial charge in [-0.05, 0) is 99.7 Å². The topological polar surface area (TPSA) is 84.7 Å². The Balaban J connectivity index is 1.27. The van der Waals surface area contributed by atoms with Gasteiger partial charge in [-0.25, -0.2) is 4.79 Å². The van der Waals surface area contributed by atoms with Gasteiger partial charge in [0, 0.05) is 29.5 Å². The average Bonchev–Trinajstić information content (AvgIpc) is 3.46. The summed E-state index contributed by atoms with van der Waals surface area (Å²) in [5.41, 5.74) is -0.0929. The molecule has 8 nitrogen and oxygen atoms in total. The Morgan fingerprint density at radius 1 is 1.14 bits per heavy atom. The van der Waals surface area contributed by atoms with E-state index in [0.717, 1.165) is 17.8 Å². The Hall–Kier alpha value is -3.51. The molecule has 0 bridgehead atoms. The Bertz CT molecular complexity index is 1640. The summed E-state index contributed by atoms with van der Waals surface area (Å²) >= 11 is 6.68. The molecule has 234 valence electrons. The minimum atomic E-state index is -4.56. The van der Waals surface area contributed by atoms with E-state index < -0.39 is 17.3 Å². The van der Waals surface area contributed by atoms with E-state index in [2.05, 4.69) is 5.10 Å². The summed E-state index contributed by atoms with van der Waals surface area (Å²) < 4.78 is 47.7. The zero-order valence-corrected chi connectivity index (χ0v) is 26.2. The number of ether oxygens (including phenoxy) is 1. The highest BCUT2D eigenvalue weighted by Gasteiger charge is 2.42. The number of imide groups is 1. The first kappa shape index (κ1) is 31.9. The predicted molar refractivity (Wildman–Crippen MR) is 163 cm³/mol. The third-order valence-electron chi connectivity index (χ3n) is 7.77. The van der Waals surface area contributed by atoms with Crippen LogP contribution in [-0.4, -0.2) is 61.6 Å². The first-order valence-electron chi connectivity index (χ1n) is 14.2. The molecule has 3 amide bonds. The number of rotatable bonds is 5. The van der Waals surface area contributed by atoms with E-state index in [1.54, 1.807) is 35.4 Å². The van der Waals surface area contributed by atoms with Gasteiger partial charge >= 0.3 is 12.3 Å². The highest BCUT2D eigenvalue weighted by molar-refractivity contribution is 8.18. The quantitative estimate of drug-likeness (QED) is 0.262. The molecule has 0 saturated carbocycles. The molecule has 3 heterocycles. The number of thioether (sulfide) groups is 1. The molecule has 2 aliphatic rings. The number of fused-ring (bicyclic) bond motifs is 1. The molecule has 2 aliphatic heterocycles. The highest BCUT2D eigenvalue weighted by Crippen LogP contribution is 2.38.